The number of carbonyl (C=O) groups excluding carboxylic acids is 1. The van der Waals surface area contributed by atoms with Gasteiger partial charge in [-0.05, 0) is 45.1 Å². The zero-order chi connectivity index (χ0) is 12.8. The molecule has 1 fully saturated rings. The fourth-order valence-corrected chi connectivity index (χ4v) is 2.42. The minimum absolute atomic E-state index is 0.0724. The van der Waals surface area contributed by atoms with Crippen LogP contribution in [0.5, 0.6) is 0 Å². The second-order valence-corrected chi connectivity index (χ2v) is 5.62. The van der Waals surface area contributed by atoms with Crippen molar-refractivity contribution in [3.63, 3.8) is 0 Å². The number of hydrogen-bond donors (Lipinski definition) is 2. The van der Waals surface area contributed by atoms with Gasteiger partial charge in [0.1, 0.15) is 0 Å². The van der Waals surface area contributed by atoms with E-state index in [-0.39, 0.29) is 18.0 Å². The van der Waals surface area contributed by atoms with Crippen LogP contribution in [0.25, 0.3) is 0 Å². The molecule has 0 saturated heterocycles. The molecule has 4 unspecified atom stereocenters. The summed E-state index contributed by atoms with van der Waals surface area (Å²) in [6.45, 7) is 9.39. The van der Waals surface area contributed by atoms with Crippen molar-refractivity contribution in [3.05, 3.63) is 0 Å². The average molecular weight is 240 g/mol. The molecule has 0 aromatic carbocycles. The summed E-state index contributed by atoms with van der Waals surface area (Å²) in [7, 11) is 0. The van der Waals surface area contributed by atoms with E-state index < -0.39 is 0 Å². The summed E-state index contributed by atoms with van der Waals surface area (Å²) in [5.41, 5.74) is 0. The van der Waals surface area contributed by atoms with Crippen molar-refractivity contribution in [2.45, 2.75) is 65.5 Å². The predicted octanol–water partition coefficient (Wildman–Crippen LogP) is 2.32. The van der Waals surface area contributed by atoms with Crippen LogP contribution < -0.4 is 10.6 Å². The first-order valence-corrected chi connectivity index (χ1v) is 7.08. The Morgan fingerprint density at radius 3 is 2.59 bits per heavy atom. The number of hydrogen-bond acceptors (Lipinski definition) is 2. The molecule has 1 saturated carbocycles. The first-order chi connectivity index (χ1) is 8.04. The van der Waals surface area contributed by atoms with Crippen molar-refractivity contribution in [1.29, 1.82) is 0 Å². The summed E-state index contributed by atoms with van der Waals surface area (Å²) in [4.78, 5) is 11.8. The van der Waals surface area contributed by atoms with Crippen molar-refractivity contribution in [2.75, 3.05) is 6.54 Å². The Balaban J connectivity index is 2.24. The van der Waals surface area contributed by atoms with Gasteiger partial charge in [0, 0.05) is 6.04 Å². The fraction of sp³-hybridized carbons (Fsp3) is 0.929. The third-order valence-electron chi connectivity index (χ3n) is 4.12. The highest BCUT2D eigenvalue weighted by atomic mass is 16.2. The zero-order valence-corrected chi connectivity index (χ0v) is 11.8. The van der Waals surface area contributed by atoms with Gasteiger partial charge in [-0.1, -0.05) is 26.7 Å². The molecule has 0 aromatic heterocycles. The van der Waals surface area contributed by atoms with E-state index in [0.29, 0.717) is 0 Å². The quantitative estimate of drug-likeness (QED) is 0.748. The smallest absolute Gasteiger partial charge is 0.237 e. The summed E-state index contributed by atoms with van der Waals surface area (Å²) in [5, 5.41) is 6.39. The Morgan fingerprint density at radius 1 is 1.35 bits per heavy atom. The molecule has 1 amide bonds. The van der Waals surface area contributed by atoms with Gasteiger partial charge in [-0.3, -0.25) is 4.79 Å². The van der Waals surface area contributed by atoms with Crippen LogP contribution in [0.15, 0.2) is 0 Å². The topological polar surface area (TPSA) is 41.1 Å². The molecule has 2 N–H and O–H groups in total. The van der Waals surface area contributed by atoms with Crippen molar-refractivity contribution in [1.82, 2.24) is 10.6 Å². The Bertz CT molecular complexity index is 242. The van der Waals surface area contributed by atoms with Crippen LogP contribution in [0.1, 0.15) is 53.4 Å². The van der Waals surface area contributed by atoms with E-state index in [1.54, 1.807) is 0 Å². The van der Waals surface area contributed by atoms with Gasteiger partial charge in [0.15, 0.2) is 0 Å². The monoisotopic (exact) mass is 240 g/mol. The lowest BCUT2D eigenvalue weighted by Gasteiger charge is -2.21. The lowest BCUT2D eigenvalue weighted by atomic mass is 9.98. The molecule has 3 heteroatoms. The van der Waals surface area contributed by atoms with Gasteiger partial charge in [-0.25, -0.2) is 0 Å². The molecular weight excluding hydrogens is 212 g/mol. The van der Waals surface area contributed by atoms with Crippen molar-refractivity contribution >= 4 is 5.91 Å². The number of rotatable bonds is 6. The van der Waals surface area contributed by atoms with Gasteiger partial charge < -0.3 is 10.6 Å². The molecule has 0 bridgehead atoms. The van der Waals surface area contributed by atoms with E-state index in [1.807, 2.05) is 13.8 Å². The Morgan fingerprint density at radius 2 is 2.06 bits per heavy atom. The number of carbonyl (C=O) groups is 1. The summed E-state index contributed by atoms with van der Waals surface area (Å²) < 4.78 is 0. The van der Waals surface area contributed by atoms with Crippen LogP contribution in [-0.4, -0.2) is 24.5 Å². The fourth-order valence-electron chi connectivity index (χ4n) is 2.42. The highest BCUT2D eigenvalue weighted by Crippen LogP contribution is 2.30. The minimum atomic E-state index is -0.0724. The summed E-state index contributed by atoms with van der Waals surface area (Å²) in [5.74, 6) is 1.70. The maximum absolute atomic E-state index is 11.8. The largest absolute Gasteiger partial charge is 0.352 e. The first-order valence-electron chi connectivity index (χ1n) is 7.08. The molecule has 0 radical (unpaired) electrons. The second-order valence-electron chi connectivity index (χ2n) is 5.62. The molecule has 0 heterocycles. The van der Waals surface area contributed by atoms with Crippen LogP contribution in [0.2, 0.25) is 0 Å². The first kappa shape index (κ1) is 14.5. The van der Waals surface area contributed by atoms with E-state index in [9.17, 15) is 4.79 Å². The van der Waals surface area contributed by atoms with Gasteiger partial charge in [0.25, 0.3) is 0 Å². The molecule has 100 valence electrons. The Labute approximate surface area is 106 Å². The van der Waals surface area contributed by atoms with E-state index in [0.717, 1.165) is 24.8 Å². The summed E-state index contributed by atoms with van der Waals surface area (Å²) >= 11 is 0. The molecule has 0 aromatic rings. The minimum Gasteiger partial charge on any atom is -0.352 e. The third-order valence-corrected chi connectivity index (χ3v) is 4.12. The molecule has 17 heavy (non-hydrogen) atoms. The van der Waals surface area contributed by atoms with Crippen LogP contribution in [0.3, 0.4) is 0 Å². The van der Waals surface area contributed by atoms with Gasteiger partial charge in [0.2, 0.25) is 5.91 Å². The van der Waals surface area contributed by atoms with Crippen molar-refractivity contribution in [3.8, 4) is 0 Å². The van der Waals surface area contributed by atoms with Gasteiger partial charge in [-0.15, -0.1) is 0 Å². The van der Waals surface area contributed by atoms with E-state index in [2.05, 4.69) is 24.5 Å². The SMILES string of the molecule is CCC(C)NC(=O)C(C)NCC1CCCC1C. The standard InChI is InChI=1S/C14H28N2O/c1-5-11(3)16-14(17)12(4)15-9-13-8-6-7-10(13)2/h10-13,15H,5-9H2,1-4H3,(H,16,17). The van der Waals surface area contributed by atoms with E-state index in [4.69, 9.17) is 0 Å². The summed E-state index contributed by atoms with van der Waals surface area (Å²) in [6.07, 6.45) is 4.99. The maximum atomic E-state index is 11.8. The average Bonchev–Trinajstić information content (AvgIpc) is 2.71. The summed E-state index contributed by atoms with van der Waals surface area (Å²) in [6, 6.07) is 0.203. The lowest BCUT2D eigenvalue weighted by molar-refractivity contribution is -0.123. The predicted molar refractivity (Wildman–Crippen MR) is 71.9 cm³/mol. The van der Waals surface area contributed by atoms with Gasteiger partial charge in [-0.2, -0.15) is 0 Å². The van der Waals surface area contributed by atoms with E-state index >= 15 is 0 Å². The second kappa shape index (κ2) is 7.00. The third kappa shape index (κ3) is 4.66. The highest BCUT2D eigenvalue weighted by molar-refractivity contribution is 5.81. The molecule has 3 nitrogen and oxygen atoms in total. The van der Waals surface area contributed by atoms with Crippen molar-refractivity contribution in [2.24, 2.45) is 11.8 Å². The molecule has 1 aliphatic carbocycles. The van der Waals surface area contributed by atoms with Crippen LogP contribution in [0, 0.1) is 11.8 Å². The maximum Gasteiger partial charge on any atom is 0.237 e. The van der Waals surface area contributed by atoms with Gasteiger partial charge >= 0.3 is 0 Å². The Kier molecular flexibility index (Phi) is 5.96. The van der Waals surface area contributed by atoms with Crippen LogP contribution in [-0.2, 0) is 4.79 Å². The molecule has 1 rings (SSSR count). The normalized spacial score (nSPS) is 27.8. The molecule has 4 atom stereocenters. The highest BCUT2D eigenvalue weighted by Gasteiger charge is 2.24. The lowest BCUT2D eigenvalue weighted by Crippen LogP contribution is -2.46. The van der Waals surface area contributed by atoms with Crippen LogP contribution in [0.4, 0.5) is 0 Å². The number of nitrogens with one attached hydrogen (secondary N) is 2. The number of amides is 1. The van der Waals surface area contributed by atoms with Gasteiger partial charge in [0.05, 0.1) is 6.04 Å². The zero-order valence-electron chi connectivity index (χ0n) is 11.8. The van der Waals surface area contributed by atoms with Crippen molar-refractivity contribution < 1.29 is 4.79 Å². The molecule has 0 aliphatic heterocycles. The Hall–Kier alpha value is -0.570. The molecule has 1 aliphatic rings. The molecule has 0 spiro atoms. The van der Waals surface area contributed by atoms with E-state index in [1.165, 1.54) is 19.3 Å². The van der Waals surface area contributed by atoms with Crippen LogP contribution >= 0.6 is 0 Å². The molecular formula is C14H28N2O.